The average molecular weight is 536 g/mol. The highest BCUT2D eigenvalue weighted by molar-refractivity contribution is 5.85. The molecule has 0 amide bonds. The molecule has 0 bridgehead atoms. The summed E-state index contributed by atoms with van der Waals surface area (Å²) in [6, 6.07) is 13.3. The van der Waals surface area contributed by atoms with Gasteiger partial charge in [-0.15, -0.1) is 0 Å². The van der Waals surface area contributed by atoms with Gasteiger partial charge in [-0.2, -0.15) is 0 Å². The molecule has 1 saturated carbocycles. The van der Waals surface area contributed by atoms with E-state index in [4.69, 9.17) is 23.4 Å². The molecule has 9 nitrogen and oxygen atoms in total. The van der Waals surface area contributed by atoms with Crippen LogP contribution < -0.4 is 14.8 Å². The summed E-state index contributed by atoms with van der Waals surface area (Å²) in [5, 5.41) is 11.8. The van der Waals surface area contributed by atoms with Gasteiger partial charge in [0.1, 0.15) is 35.6 Å². The standard InChI is InChI=1S/C30H34N2O7/c1-32(11-10-31-20-32)23-5-3-4-22(18-23)27(21-6-7-21)28-29(33)25-9-8-24(19-26(25)39-30(28)34)38-17-16-37-15-14-36-13-12-35-2/h3-5,8-11,18-21,27H,6-7,12-17H2,1-2H3/p+1. The number of nitrogens with zero attached hydrogens (tertiary/aromatic N) is 2. The molecular weight excluding hydrogens is 500 g/mol. The third-order valence-corrected chi connectivity index (χ3v) is 7.15. The van der Waals surface area contributed by atoms with Gasteiger partial charge in [0.05, 0.1) is 57.2 Å². The van der Waals surface area contributed by atoms with Crippen molar-refractivity contribution in [3.63, 3.8) is 0 Å². The van der Waals surface area contributed by atoms with E-state index < -0.39 is 5.63 Å². The van der Waals surface area contributed by atoms with Crippen LogP contribution in [-0.2, 0) is 14.2 Å². The topological polar surface area (TPSA) is 99.7 Å². The largest absolute Gasteiger partial charge is 0.507 e. The summed E-state index contributed by atoms with van der Waals surface area (Å²) >= 11 is 0. The Morgan fingerprint density at radius 1 is 1.05 bits per heavy atom. The van der Waals surface area contributed by atoms with Crippen LogP contribution in [0.2, 0.25) is 0 Å². The van der Waals surface area contributed by atoms with Crippen LogP contribution in [0.4, 0.5) is 5.69 Å². The molecule has 2 aliphatic rings. The first kappa shape index (κ1) is 27.1. The SMILES string of the molecule is COCCOCCOCCOc1ccc2c(O)c(C(c3cccc([N+]4(C)C=CN=C4)c3)C3CC3)c(=O)oc2c1. The molecule has 0 spiro atoms. The number of quaternary nitrogens is 1. The van der Waals surface area contributed by atoms with Crippen molar-refractivity contribution in [1.82, 2.24) is 4.48 Å². The van der Waals surface area contributed by atoms with Crippen LogP contribution in [0.3, 0.4) is 0 Å². The zero-order chi connectivity index (χ0) is 27.2. The molecule has 2 unspecified atom stereocenters. The van der Waals surface area contributed by atoms with Crippen LogP contribution in [0.5, 0.6) is 11.5 Å². The van der Waals surface area contributed by atoms with Gasteiger partial charge in [0.2, 0.25) is 0 Å². The smallest absolute Gasteiger partial charge is 0.343 e. The highest BCUT2D eigenvalue weighted by atomic mass is 16.6. The average Bonchev–Trinajstić information content (AvgIpc) is 3.68. The first-order valence-electron chi connectivity index (χ1n) is 13.3. The van der Waals surface area contributed by atoms with Crippen LogP contribution >= 0.6 is 0 Å². The minimum atomic E-state index is -0.528. The number of benzene rings is 2. The summed E-state index contributed by atoms with van der Waals surface area (Å²) in [6.45, 7) is 2.76. The number of hydrogen-bond donors (Lipinski definition) is 1. The summed E-state index contributed by atoms with van der Waals surface area (Å²) < 4.78 is 27.7. The Bertz CT molecular complexity index is 1400. The lowest BCUT2D eigenvalue weighted by atomic mass is 9.86. The predicted molar refractivity (Wildman–Crippen MR) is 150 cm³/mol. The summed E-state index contributed by atoms with van der Waals surface area (Å²) in [5.41, 5.74) is 2.08. The number of ether oxygens (including phenoxy) is 4. The van der Waals surface area contributed by atoms with Gasteiger partial charge in [-0.25, -0.2) is 14.3 Å². The van der Waals surface area contributed by atoms with Crippen molar-refractivity contribution < 1.29 is 28.5 Å². The third-order valence-electron chi connectivity index (χ3n) is 7.15. The van der Waals surface area contributed by atoms with Gasteiger partial charge in [-0.3, -0.25) is 0 Å². The molecule has 2 heterocycles. The second kappa shape index (κ2) is 12.1. The maximum atomic E-state index is 13.3. The Hall–Kier alpha value is -3.50. The highest BCUT2D eigenvalue weighted by Crippen LogP contribution is 2.49. The van der Waals surface area contributed by atoms with Crippen molar-refractivity contribution in [2.24, 2.45) is 10.9 Å². The second-order valence-electron chi connectivity index (χ2n) is 10.00. The van der Waals surface area contributed by atoms with Crippen molar-refractivity contribution in [1.29, 1.82) is 0 Å². The summed E-state index contributed by atoms with van der Waals surface area (Å²) in [4.78, 5) is 17.5. The number of hydrogen-bond acceptors (Lipinski definition) is 8. The quantitative estimate of drug-likeness (QED) is 0.184. The zero-order valence-corrected chi connectivity index (χ0v) is 22.4. The van der Waals surface area contributed by atoms with E-state index in [1.54, 1.807) is 31.5 Å². The van der Waals surface area contributed by atoms with E-state index in [0.29, 0.717) is 60.8 Å². The fourth-order valence-corrected chi connectivity index (χ4v) is 4.89. The number of aliphatic imine (C=N–C) groups is 1. The van der Waals surface area contributed by atoms with Crippen LogP contribution in [0, 0.1) is 5.92 Å². The minimum absolute atomic E-state index is 0.0325. The first-order chi connectivity index (χ1) is 19.0. The first-order valence-corrected chi connectivity index (χ1v) is 13.3. The van der Waals surface area contributed by atoms with Gasteiger partial charge in [0.15, 0.2) is 6.34 Å². The van der Waals surface area contributed by atoms with Gasteiger partial charge in [0, 0.05) is 25.2 Å². The molecule has 1 aliphatic carbocycles. The van der Waals surface area contributed by atoms with Crippen LogP contribution in [-0.4, -0.2) is 65.2 Å². The van der Waals surface area contributed by atoms with Gasteiger partial charge < -0.3 is 28.5 Å². The Morgan fingerprint density at radius 3 is 2.54 bits per heavy atom. The predicted octanol–water partition coefficient (Wildman–Crippen LogP) is 4.55. The maximum absolute atomic E-state index is 13.3. The Morgan fingerprint density at radius 2 is 1.82 bits per heavy atom. The highest BCUT2D eigenvalue weighted by Gasteiger charge is 2.38. The van der Waals surface area contributed by atoms with Gasteiger partial charge in [0.25, 0.3) is 0 Å². The molecule has 9 heteroatoms. The number of fused-ring (bicyclic) bond motifs is 1. The monoisotopic (exact) mass is 535 g/mol. The van der Waals surface area contributed by atoms with Crippen molar-refractivity contribution >= 4 is 23.0 Å². The third kappa shape index (κ3) is 6.23. The minimum Gasteiger partial charge on any atom is -0.507 e. The number of aromatic hydroxyl groups is 1. The van der Waals surface area contributed by atoms with E-state index in [-0.39, 0.29) is 23.2 Å². The molecule has 0 saturated heterocycles. The zero-order valence-electron chi connectivity index (χ0n) is 22.4. The van der Waals surface area contributed by atoms with Gasteiger partial charge in [-0.05, 0) is 42.5 Å². The van der Waals surface area contributed by atoms with E-state index in [0.717, 1.165) is 24.1 Å². The molecule has 1 aliphatic heterocycles. The molecule has 2 aromatic carbocycles. The van der Waals surface area contributed by atoms with Crippen molar-refractivity contribution in [3.05, 3.63) is 76.4 Å². The summed E-state index contributed by atoms with van der Waals surface area (Å²) in [7, 11) is 3.68. The van der Waals surface area contributed by atoms with Crippen molar-refractivity contribution in [2.45, 2.75) is 18.8 Å². The van der Waals surface area contributed by atoms with E-state index in [9.17, 15) is 9.90 Å². The molecule has 1 fully saturated rings. The van der Waals surface area contributed by atoms with E-state index in [1.807, 2.05) is 37.8 Å². The summed E-state index contributed by atoms with van der Waals surface area (Å²) in [5.74, 6) is 0.510. The normalized spacial score (nSPS) is 19.1. The molecule has 3 aromatic rings. The molecule has 0 radical (unpaired) electrons. The lowest BCUT2D eigenvalue weighted by molar-refractivity contribution is 0.0180. The van der Waals surface area contributed by atoms with Crippen LogP contribution in [0.15, 0.2) is 69.1 Å². The molecule has 206 valence electrons. The van der Waals surface area contributed by atoms with Crippen molar-refractivity contribution in [3.8, 4) is 11.5 Å². The van der Waals surface area contributed by atoms with Crippen LogP contribution in [0.1, 0.15) is 29.9 Å². The van der Waals surface area contributed by atoms with Crippen LogP contribution in [0.25, 0.3) is 11.0 Å². The second-order valence-corrected chi connectivity index (χ2v) is 10.00. The summed E-state index contributed by atoms with van der Waals surface area (Å²) in [6.07, 6.45) is 7.62. The van der Waals surface area contributed by atoms with E-state index >= 15 is 0 Å². The van der Waals surface area contributed by atoms with Crippen molar-refractivity contribution in [2.75, 3.05) is 53.8 Å². The molecular formula is C30H35N2O7+. The van der Waals surface area contributed by atoms with Gasteiger partial charge >= 0.3 is 5.63 Å². The Labute approximate surface area is 227 Å². The van der Waals surface area contributed by atoms with Gasteiger partial charge in [-0.1, -0.05) is 12.1 Å². The van der Waals surface area contributed by atoms with E-state index in [1.165, 1.54) is 0 Å². The molecule has 39 heavy (non-hydrogen) atoms. The molecule has 2 atom stereocenters. The van der Waals surface area contributed by atoms with E-state index in [2.05, 4.69) is 11.1 Å². The maximum Gasteiger partial charge on any atom is 0.343 e. The fraction of sp³-hybridized carbons (Fsp3) is 0.400. The lowest BCUT2D eigenvalue weighted by Gasteiger charge is -2.24. The Balaban J connectivity index is 1.31. The molecule has 1 N–H and O–H groups in total. The number of methoxy groups -OCH3 is 1. The molecule has 5 rings (SSSR count). The lowest BCUT2D eigenvalue weighted by Crippen LogP contribution is -2.35. The fourth-order valence-electron chi connectivity index (χ4n) is 4.89. The Kier molecular flexibility index (Phi) is 8.42. The number of rotatable bonds is 14. The molecule has 1 aromatic heterocycles.